The maximum Gasteiger partial charge on any atom is 0.267 e. The van der Waals surface area contributed by atoms with Crippen molar-refractivity contribution < 1.29 is 9.21 Å². The SMILES string of the molecule is CC(NC(=O)CN1CCc2nn(C(C)C)c(=O)cc2C1)c1ccco1. The van der Waals surface area contributed by atoms with E-state index in [4.69, 9.17) is 4.42 Å². The van der Waals surface area contributed by atoms with Crippen LogP contribution in [0.3, 0.4) is 0 Å². The quantitative estimate of drug-likeness (QED) is 0.892. The largest absolute Gasteiger partial charge is 0.467 e. The molecule has 1 amide bonds. The summed E-state index contributed by atoms with van der Waals surface area (Å²) in [4.78, 5) is 26.4. The lowest BCUT2D eigenvalue weighted by atomic mass is 10.1. The fourth-order valence-corrected chi connectivity index (χ4v) is 3.08. The molecule has 0 aromatic carbocycles. The van der Waals surface area contributed by atoms with E-state index in [0.29, 0.717) is 6.54 Å². The van der Waals surface area contributed by atoms with Crippen LogP contribution in [-0.4, -0.2) is 33.7 Å². The number of carbonyl (C=O) groups excluding carboxylic acids is 1. The molecule has 7 heteroatoms. The van der Waals surface area contributed by atoms with Crippen LogP contribution in [0.5, 0.6) is 0 Å². The molecule has 1 aliphatic heterocycles. The number of hydrogen-bond acceptors (Lipinski definition) is 5. The van der Waals surface area contributed by atoms with E-state index >= 15 is 0 Å². The lowest BCUT2D eigenvalue weighted by Gasteiger charge is -2.28. The van der Waals surface area contributed by atoms with Crippen LogP contribution in [0.2, 0.25) is 0 Å². The van der Waals surface area contributed by atoms with Gasteiger partial charge in [-0.3, -0.25) is 14.5 Å². The Labute approximate surface area is 146 Å². The first kappa shape index (κ1) is 17.4. The molecular formula is C18H24N4O3. The Morgan fingerprint density at radius 2 is 2.20 bits per heavy atom. The molecule has 0 aliphatic carbocycles. The third-order valence-electron chi connectivity index (χ3n) is 4.39. The molecule has 0 bridgehead atoms. The molecule has 1 aliphatic rings. The summed E-state index contributed by atoms with van der Waals surface area (Å²) in [6.07, 6.45) is 2.33. The van der Waals surface area contributed by atoms with E-state index in [2.05, 4.69) is 10.4 Å². The number of nitrogens with zero attached hydrogens (tertiary/aromatic N) is 3. The van der Waals surface area contributed by atoms with Gasteiger partial charge in [-0.1, -0.05) is 0 Å². The zero-order chi connectivity index (χ0) is 18.0. The van der Waals surface area contributed by atoms with Crippen LogP contribution in [0, 0.1) is 0 Å². The Hall–Kier alpha value is -2.41. The van der Waals surface area contributed by atoms with E-state index in [9.17, 15) is 9.59 Å². The van der Waals surface area contributed by atoms with Crippen molar-refractivity contribution in [2.75, 3.05) is 13.1 Å². The highest BCUT2D eigenvalue weighted by Crippen LogP contribution is 2.16. The zero-order valence-electron chi connectivity index (χ0n) is 14.9. The van der Waals surface area contributed by atoms with Gasteiger partial charge >= 0.3 is 0 Å². The van der Waals surface area contributed by atoms with E-state index in [1.807, 2.05) is 31.7 Å². The number of fused-ring (bicyclic) bond motifs is 1. The molecule has 0 saturated heterocycles. The van der Waals surface area contributed by atoms with Gasteiger partial charge in [-0.15, -0.1) is 0 Å². The molecule has 7 nitrogen and oxygen atoms in total. The number of amides is 1. The minimum absolute atomic E-state index is 0.0460. The molecule has 1 unspecified atom stereocenters. The number of hydrogen-bond donors (Lipinski definition) is 1. The van der Waals surface area contributed by atoms with Crippen LogP contribution < -0.4 is 10.9 Å². The Kier molecular flexibility index (Phi) is 5.03. The van der Waals surface area contributed by atoms with E-state index in [1.54, 1.807) is 18.4 Å². The fraction of sp³-hybridized carbons (Fsp3) is 0.500. The number of nitrogens with one attached hydrogen (secondary N) is 1. The van der Waals surface area contributed by atoms with Crippen LogP contribution in [0.25, 0.3) is 0 Å². The van der Waals surface area contributed by atoms with E-state index in [1.165, 1.54) is 4.68 Å². The van der Waals surface area contributed by atoms with Gasteiger partial charge in [-0.2, -0.15) is 5.10 Å². The number of carbonyl (C=O) groups is 1. The van der Waals surface area contributed by atoms with E-state index in [0.717, 1.165) is 30.0 Å². The first-order chi connectivity index (χ1) is 11.9. The topological polar surface area (TPSA) is 80.4 Å². The van der Waals surface area contributed by atoms with Gasteiger partial charge in [0.25, 0.3) is 5.56 Å². The average Bonchev–Trinajstić information content (AvgIpc) is 3.08. The lowest BCUT2D eigenvalue weighted by Crippen LogP contribution is -2.41. The molecule has 25 heavy (non-hydrogen) atoms. The highest BCUT2D eigenvalue weighted by Gasteiger charge is 2.22. The maximum absolute atomic E-state index is 12.3. The highest BCUT2D eigenvalue weighted by atomic mass is 16.3. The van der Waals surface area contributed by atoms with Crippen LogP contribution in [0.1, 0.15) is 49.9 Å². The average molecular weight is 344 g/mol. The summed E-state index contributed by atoms with van der Waals surface area (Å²) in [6, 6.07) is 5.17. The second kappa shape index (κ2) is 7.23. The third kappa shape index (κ3) is 3.99. The van der Waals surface area contributed by atoms with Crippen molar-refractivity contribution in [3.8, 4) is 0 Å². The minimum atomic E-state index is -0.167. The summed E-state index contributed by atoms with van der Waals surface area (Å²) in [6.45, 7) is 7.39. The Morgan fingerprint density at radius 1 is 1.40 bits per heavy atom. The molecule has 0 spiro atoms. The summed E-state index contributed by atoms with van der Waals surface area (Å²) >= 11 is 0. The second-order valence-electron chi connectivity index (χ2n) is 6.76. The summed E-state index contributed by atoms with van der Waals surface area (Å²) in [5.74, 6) is 0.673. The van der Waals surface area contributed by atoms with Crippen molar-refractivity contribution in [2.24, 2.45) is 0 Å². The lowest BCUT2D eigenvalue weighted by molar-refractivity contribution is -0.123. The number of aromatic nitrogens is 2. The Morgan fingerprint density at radius 3 is 2.88 bits per heavy atom. The molecule has 3 heterocycles. The monoisotopic (exact) mass is 344 g/mol. The molecular weight excluding hydrogens is 320 g/mol. The van der Waals surface area contributed by atoms with Gasteiger partial charge in [0.2, 0.25) is 5.91 Å². The van der Waals surface area contributed by atoms with Gasteiger partial charge in [0.15, 0.2) is 0 Å². The van der Waals surface area contributed by atoms with Crippen molar-refractivity contribution >= 4 is 5.91 Å². The van der Waals surface area contributed by atoms with Gasteiger partial charge in [-0.25, -0.2) is 4.68 Å². The Balaban J connectivity index is 1.62. The van der Waals surface area contributed by atoms with Gasteiger partial charge in [0.1, 0.15) is 5.76 Å². The highest BCUT2D eigenvalue weighted by molar-refractivity contribution is 5.78. The van der Waals surface area contributed by atoms with Gasteiger partial charge in [0, 0.05) is 25.6 Å². The molecule has 1 atom stereocenters. The number of furan rings is 1. The smallest absolute Gasteiger partial charge is 0.267 e. The van der Waals surface area contributed by atoms with Crippen molar-refractivity contribution in [1.82, 2.24) is 20.0 Å². The Bertz CT molecular complexity index is 795. The van der Waals surface area contributed by atoms with E-state index < -0.39 is 0 Å². The minimum Gasteiger partial charge on any atom is -0.467 e. The van der Waals surface area contributed by atoms with Crippen molar-refractivity contribution in [1.29, 1.82) is 0 Å². The van der Waals surface area contributed by atoms with Gasteiger partial charge in [0.05, 0.1) is 30.6 Å². The van der Waals surface area contributed by atoms with Crippen molar-refractivity contribution in [3.05, 3.63) is 51.8 Å². The predicted octanol–water partition coefficient (Wildman–Crippen LogP) is 1.65. The van der Waals surface area contributed by atoms with Crippen LogP contribution in [0.15, 0.2) is 33.7 Å². The first-order valence-corrected chi connectivity index (χ1v) is 8.60. The fourth-order valence-electron chi connectivity index (χ4n) is 3.08. The molecule has 1 N–H and O–H groups in total. The molecule has 2 aromatic rings. The predicted molar refractivity (Wildman–Crippen MR) is 93.1 cm³/mol. The maximum atomic E-state index is 12.3. The summed E-state index contributed by atoms with van der Waals surface area (Å²) < 4.78 is 6.82. The molecule has 0 radical (unpaired) electrons. The number of rotatable bonds is 5. The molecule has 0 fully saturated rings. The molecule has 0 saturated carbocycles. The molecule has 134 valence electrons. The first-order valence-electron chi connectivity index (χ1n) is 8.60. The summed E-state index contributed by atoms with van der Waals surface area (Å²) in [7, 11) is 0. The normalized spacial score (nSPS) is 15.8. The second-order valence-corrected chi connectivity index (χ2v) is 6.76. The van der Waals surface area contributed by atoms with E-state index in [-0.39, 0.29) is 30.1 Å². The van der Waals surface area contributed by atoms with Gasteiger partial charge in [-0.05, 0) is 38.5 Å². The standard InChI is InChI=1S/C18H24N4O3/c1-12(2)22-18(24)9-14-10-21(7-6-15(14)20-22)11-17(23)19-13(3)16-5-4-8-25-16/h4-5,8-9,12-13H,6-7,10-11H2,1-3H3,(H,19,23). The van der Waals surface area contributed by atoms with Crippen molar-refractivity contribution in [2.45, 2.75) is 45.8 Å². The van der Waals surface area contributed by atoms with Crippen LogP contribution in [0.4, 0.5) is 0 Å². The van der Waals surface area contributed by atoms with Crippen LogP contribution in [-0.2, 0) is 17.8 Å². The molecule has 2 aromatic heterocycles. The molecule has 3 rings (SSSR count). The van der Waals surface area contributed by atoms with Gasteiger partial charge < -0.3 is 9.73 Å². The summed E-state index contributed by atoms with van der Waals surface area (Å²) in [5, 5.41) is 7.41. The zero-order valence-corrected chi connectivity index (χ0v) is 14.9. The van der Waals surface area contributed by atoms with Crippen LogP contribution >= 0.6 is 0 Å². The van der Waals surface area contributed by atoms with Crippen molar-refractivity contribution in [3.63, 3.8) is 0 Å². The summed E-state index contributed by atoms with van der Waals surface area (Å²) in [5.41, 5.74) is 1.78. The third-order valence-corrected chi connectivity index (χ3v) is 4.39.